The fourth-order valence-corrected chi connectivity index (χ4v) is 2.12. The summed E-state index contributed by atoms with van der Waals surface area (Å²) in [6.45, 7) is 6.70. The van der Waals surface area contributed by atoms with Gasteiger partial charge in [-0.15, -0.1) is 0 Å². The minimum atomic E-state index is 0.318. The Morgan fingerprint density at radius 1 is 1.09 bits per heavy atom. The van der Waals surface area contributed by atoms with Crippen molar-refractivity contribution in [1.29, 1.82) is 0 Å². The van der Waals surface area contributed by atoms with Crippen molar-refractivity contribution in [3.8, 4) is 0 Å². The minimum Gasteiger partial charge on any atom is -0.366 e. The molecule has 0 aromatic carbocycles. The zero-order valence-corrected chi connectivity index (χ0v) is 8.02. The van der Waals surface area contributed by atoms with Crippen LogP contribution >= 0.6 is 0 Å². The fourth-order valence-electron chi connectivity index (χ4n) is 2.12. The highest BCUT2D eigenvalue weighted by Gasteiger charge is 2.52. The van der Waals surface area contributed by atoms with Crippen LogP contribution < -0.4 is 0 Å². The largest absolute Gasteiger partial charge is 0.366 e. The quantitative estimate of drug-likeness (QED) is 0.557. The lowest BCUT2D eigenvalue weighted by Crippen LogP contribution is -2.13. The van der Waals surface area contributed by atoms with Crippen LogP contribution in [0.15, 0.2) is 0 Å². The summed E-state index contributed by atoms with van der Waals surface area (Å²) in [6, 6.07) is 0. The Morgan fingerprint density at radius 3 is 1.91 bits per heavy atom. The Kier molecular flexibility index (Phi) is 2.94. The normalized spacial score (nSPS) is 27.0. The first-order valence-electron chi connectivity index (χ1n) is 4.97. The Hall–Kier alpha value is -0.0400. The van der Waals surface area contributed by atoms with Crippen LogP contribution in [0.1, 0.15) is 52.9 Å². The average molecular weight is 156 g/mol. The average Bonchev–Trinajstić information content (AvgIpc) is 2.65. The molecule has 1 fully saturated rings. The van der Waals surface area contributed by atoms with E-state index >= 15 is 0 Å². The highest BCUT2D eigenvalue weighted by atomic mass is 16.6. The highest BCUT2D eigenvalue weighted by Crippen LogP contribution is 2.46. The van der Waals surface area contributed by atoms with E-state index in [1.807, 2.05) is 0 Å². The number of rotatable bonds is 5. The molecule has 0 spiro atoms. The smallest absolute Gasteiger partial charge is 0.0948 e. The molecule has 1 nitrogen and oxygen atoms in total. The molecule has 1 aliphatic rings. The molecule has 0 amide bonds. The second-order valence-electron chi connectivity index (χ2n) is 3.58. The molecular weight excluding hydrogens is 136 g/mol. The lowest BCUT2D eigenvalue weighted by molar-refractivity contribution is 0.263. The Balaban J connectivity index is 2.35. The lowest BCUT2D eigenvalue weighted by Gasteiger charge is -2.08. The molecule has 0 bridgehead atoms. The molecule has 1 atom stereocenters. The predicted octanol–water partition coefficient (Wildman–Crippen LogP) is 3.13. The molecule has 1 unspecified atom stereocenters. The molecule has 0 saturated carbocycles. The minimum absolute atomic E-state index is 0.318. The van der Waals surface area contributed by atoms with Crippen molar-refractivity contribution in [2.75, 3.05) is 0 Å². The van der Waals surface area contributed by atoms with Gasteiger partial charge in [-0.05, 0) is 19.3 Å². The van der Waals surface area contributed by atoms with E-state index in [2.05, 4.69) is 20.8 Å². The molecule has 1 heterocycles. The van der Waals surface area contributed by atoms with Gasteiger partial charge in [0.15, 0.2) is 0 Å². The van der Waals surface area contributed by atoms with Crippen molar-refractivity contribution < 1.29 is 4.74 Å². The van der Waals surface area contributed by atoms with Crippen LogP contribution in [0.25, 0.3) is 0 Å². The summed E-state index contributed by atoms with van der Waals surface area (Å²) in [7, 11) is 0. The van der Waals surface area contributed by atoms with Gasteiger partial charge in [0.2, 0.25) is 0 Å². The van der Waals surface area contributed by atoms with Crippen LogP contribution in [0.2, 0.25) is 0 Å². The zero-order chi connectivity index (χ0) is 8.32. The Morgan fingerprint density at radius 2 is 1.64 bits per heavy atom. The third-order valence-corrected chi connectivity index (χ3v) is 2.62. The summed E-state index contributed by atoms with van der Waals surface area (Å²) in [5.74, 6) is 0. The highest BCUT2D eigenvalue weighted by molar-refractivity contribution is 5.00. The number of hydrogen-bond donors (Lipinski definition) is 0. The van der Waals surface area contributed by atoms with E-state index in [4.69, 9.17) is 4.74 Å². The van der Waals surface area contributed by atoms with Crippen LogP contribution in [0.5, 0.6) is 0 Å². The molecule has 0 radical (unpaired) electrons. The molecule has 1 saturated heterocycles. The summed E-state index contributed by atoms with van der Waals surface area (Å²) in [4.78, 5) is 0. The molecule has 1 heteroatoms. The monoisotopic (exact) mass is 156 g/mol. The summed E-state index contributed by atoms with van der Waals surface area (Å²) in [6.07, 6.45) is 6.83. The van der Waals surface area contributed by atoms with Gasteiger partial charge in [-0.3, -0.25) is 0 Å². The maximum Gasteiger partial charge on any atom is 0.0948 e. The Labute approximate surface area is 70.1 Å². The van der Waals surface area contributed by atoms with E-state index in [1.54, 1.807) is 0 Å². The molecule has 66 valence electrons. The van der Waals surface area contributed by atoms with Crippen LogP contribution in [0.3, 0.4) is 0 Å². The van der Waals surface area contributed by atoms with E-state index in [0.29, 0.717) is 11.7 Å². The van der Waals surface area contributed by atoms with Crippen molar-refractivity contribution in [3.05, 3.63) is 0 Å². The Bertz CT molecular complexity index is 114. The van der Waals surface area contributed by atoms with Gasteiger partial charge in [-0.25, -0.2) is 0 Å². The molecule has 0 aliphatic carbocycles. The maximum absolute atomic E-state index is 5.73. The van der Waals surface area contributed by atoms with Gasteiger partial charge in [-0.1, -0.05) is 33.6 Å². The molecular formula is C10H20O. The van der Waals surface area contributed by atoms with Crippen molar-refractivity contribution in [3.63, 3.8) is 0 Å². The summed E-state index contributed by atoms with van der Waals surface area (Å²) in [5, 5.41) is 0. The van der Waals surface area contributed by atoms with Crippen LogP contribution in [-0.4, -0.2) is 11.7 Å². The van der Waals surface area contributed by atoms with Gasteiger partial charge in [0.1, 0.15) is 0 Å². The number of epoxide rings is 1. The zero-order valence-electron chi connectivity index (χ0n) is 8.02. The number of hydrogen-bond acceptors (Lipinski definition) is 1. The second kappa shape index (κ2) is 3.57. The second-order valence-corrected chi connectivity index (χ2v) is 3.58. The molecule has 1 rings (SSSR count). The van der Waals surface area contributed by atoms with Gasteiger partial charge in [-0.2, -0.15) is 0 Å². The van der Waals surface area contributed by atoms with Crippen LogP contribution in [0.4, 0.5) is 0 Å². The maximum atomic E-state index is 5.73. The van der Waals surface area contributed by atoms with E-state index in [1.165, 1.54) is 32.1 Å². The standard InChI is InChI=1S/C10H20O/c1-4-7-10(8-5-2)9(6-3)11-10/h9H,4-8H2,1-3H3. The van der Waals surface area contributed by atoms with Gasteiger partial charge in [0.25, 0.3) is 0 Å². The van der Waals surface area contributed by atoms with Crippen LogP contribution in [0, 0.1) is 0 Å². The molecule has 11 heavy (non-hydrogen) atoms. The van der Waals surface area contributed by atoms with E-state index < -0.39 is 0 Å². The fraction of sp³-hybridized carbons (Fsp3) is 1.00. The molecule has 0 aromatic rings. The molecule has 0 N–H and O–H groups in total. The SMILES string of the molecule is CCCC1(CCC)OC1CC. The van der Waals surface area contributed by atoms with Gasteiger partial charge in [0, 0.05) is 0 Å². The van der Waals surface area contributed by atoms with Crippen molar-refractivity contribution in [1.82, 2.24) is 0 Å². The van der Waals surface area contributed by atoms with Crippen molar-refractivity contribution in [2.45, 2.75) is 64.6 Å². The van der Waals surface area contributed by atoms with E-state index in [-0.39, 0.29) is 0 Å². The summed E-state index contributed by atoms with van der Waals surface area (Å²) in [5.41, 5.74) is 0.318. The summed E-state index contributed by atoms with van der Waals surface area (Å²) < 4.78 is 5.73. The number of ether oxygens (including phenoxy) is 1. The first kappa shape index (κ1) is 9.05. The third-order valence-electron chi connectivity index (χ3n) is 2.62. The third kappa shape index (κ3) is 1.76. The topological polar surface area (TPSA) is 12.5 Å². The first-order chi connectivity index (χ1) is 5.29. The van der Waals surface area contributed by atoms with E-state index in [9.17, 15) is 0 Å². The van der Waals surface area contributed by atoms with Gasteiger partial charge < -0.3 is 4.74 Å². The lowest BCUT2D eigenvalue weighted by atomic mass is 9.93. The molecule has 1 aliphatic heterocycles. The predicted molar refractivity (Wildman–Crippen MR) is 47.7 cm³/mol. The van der Waals surface area contributed by atoms with Crippen LogP contribution in [-0.2, 0) is 4.74 Å². The van der Waals surface area contributed by atoms with E-state index in [0.717, 1.165) is 0 Å². The van der Waals surface area contributed by atoms with Crippen molar-refractivity contribution >= 4 is 0 Å². The van der Waals surface area contributed by atoms with Crippen molar-refractivity contribution in [2.24, 2.45) is 0 Å². The van der Waals surface area contributed by atoms with Gasteiger partial charge >= 0.3 is 0 Å². The molecule has 0 aromatic heterocycles. The van der Waals surface area contributed by atoms with Gasteiger partial charge in [0.05, 0.1) is 11.7 Å². The first-order valence-corrected chi connectivity index (χ1v) is 4.97. The summed E-state index contributed by atoms with van der Waals surface area (Å²) >= 11 is 0.